The molecule has 4 rings (SSSR count). The predicted molar refractivity (Wildman–Crippen MR) is 114 cm³/mol. The van der Waals surface area contributed by atoms with Crippen molar-refractivity contribution >= 4 is 11.4 Å². The number of benzene rings is 3. The maximum Gasteiger partial charge on any atom is 0.0414 e. The average molecular weight is 351 g/mol. The lowest BCUT2D eigenvalue weighted by Gasteiger charge is -2.36. The van der Waals surface area contributed by atoms with Crippen LogP contribution in [0.2, 0.25) is 0 Å². The zero-order valence-corrected chi connectivity index (χ0v) is 15.6. The Morgan fingerprint density at radius 1 is 0.556 bits per heavy atom. The van der Waals surface area contributed by atoms with E-state index in [1.807, 2.05) is 30.3 Å². The first kappa shape index (κ1) is 17.4. The topological polar surface area (TPSA) is 3.24 Å². The fourth-order valence-electron chi connectivity index (χ4n) is 3.87. The van der Waals surface area contributed by atoms with Gasteiger partial charge < -0.3 is 4.90 Å². The second-order valence-electron chi connectivity index (χ2n) is 7.16. The van der Waals surface area contributed by atoms with Crippen molar-refractivity contribution in [3.63, 3.8) is 0 Å². The highest BCUT2D eigenvalue weighted by Gasteiger charge is 2.22. The molecule has 0 N–H and O–H groups in total. The highest BCUT2D eigenvalue weighted by atomic mass is 15.2. The zero-order valence-electron chi connectivity index (χ0n) is 15.6. The van der Waals surface area contributed by atoms with E-state index in [0.29, 0.717) is 6.04 Å². The lowest BCUT2D eigenvalue weighted by Crippen LogP contribution is -2.32. The Kier molecular flexibility index (Phi) is 5.56. The van der Waals surface area contributed by atoms with Crippen LogP contribution in [0.5, 0.6) is 0 Å². The molecule has 0 saturated heterocycles. The van der Waals surface area contributed by atoms with Crippen LogP contribution in [-0.2, 0) is 0 Å². The van der Waals surface area contributed by atoms with Gasteiger partial charge in [-0.3, -0.25) is 0 Å². The summed E-state index contributed by atoms with van der Waals surface area (Å²) in [6, 6.07) is 30.2. The Morgan fingerprint density at radius 2 is 1.07 bits per heavy atom. The highest BCUT2D eigenvalue weighted by Crippen LogP contribution is 2.34. The van der Waals surface area contributed by atoms with Crippen LogP contribution >= 0.6 is 0 Å². The summed E-state index contributed by atoms with van der Waals surface area (Å²) in [6.45, 7) is 0. The molecule has 1 saturated carbocycles. The molecule has 0 radical (unpaired) electrons. The van der Waals surface area contributed by atoms with E-state index in [4.69, 9.17) is 0 Å². The number of hydrogen-bond acceptors (Lipinski definition) is 1. The largest absolute Gasteiger partial charge is 0.338 e. The van der Waals surface area contributed by atoms with Crippen LogP contribution in [0.25, 0.3) is 0 Å². The van der Waals surface area contributed by atoms with Gasteiger partial charge in [0.2, 0.25) is 0 Å². The molecule has 0 aliphatic heterocycles. The van der Waals surface area contributed by atoms with Crippen molar-refractivity contribution < 1.29 is 0 Å². The van der Waals surface area contributed by atoms with E-state index in [-0.39, 0.29) is 0 Å². The quantitative estimate of drug-likeness (QED) is 0.483. The van der Waals surface area contributed by atoms with Crippen LogP contribution in [0, 0.1) is 11.8 Å². The van der Waals surface area contributed by atoms with Gasteiger partial charge in [0, 0.05) is 28.5 Å². The molecule has 3 aromatic carbocycles. The van der Waals surface area contributed by atoms with Gasteiger partial charge >= 0.3 is 0 Å². The molecule has 1 fully saturated rings. The van der Waals surface area contributed by atoms with E-state index in [0.717, 1.165) is 11.1 Å². The monoisotopic (exact) mass is 351 g/mol. The van der Waals surface area contributed by atoms with Gasteiger partial charge in [-0.2, -0.15) is 0 Å². The summed E-state index contributed by atoms with van der Waals surface area (Å²) in [7, 11) is 0. The van der Waals surface area contributed by atoms with Crippen molar-refractivity contribution in [3.05, 3.63) is 96.1 Å². The summed E-state index contributed by atoms with van der Waals surface area (Å²) in [6.07, 6.45) is 6.56. The number of rotatable bonds is 3. The summed E-state index contributed by atoms with van der Waals surface area (Å²) in [5, 5.41) is 0. The molecule has 0 unspecified atom stereocenters. The number of hydrogen-bond donors (Lipinski definition) is 0. The van der Waals surface area contributed by atoms with Crippen LogP contribution in [0.1, 0.15) is 43.2 Å². The van der Waals surface area contributed by atoms with Crippen LogP contribution in [0.15, 0.2) is 84.9 Å². The Balaban J connectivity index is 1.60. The van der Waals surface area contributed by atoms with Gasteiger partial charge in [0.05, 0.1) is 0 Å². The van der Waals surface area contributed by atoms with Crippen LogP contribution in [0.3, 0.4) is 0 Å². The van der Waals surface area contributed by atoms with E-state index in [9.17, 15) is 0 Å². The zero-order chi connectivity index (χ0) is 18.3. The first-order valence-electron chi connectivity index (χ1n) is 9.91. The molecule has 134 valence electrons. The van der Waals surface area contributed by atoms with E-state index in [2.05, 4.69) is 71.3 Å². The Hall–Kier alpha value is -2.98. The molecule has 1 aliphatic rings. The molecule has 0 atom stereocenters. The molecule has 1 aliphatic carbocycles. The summed E-state index contributed by atoms with van der Waals surface area (Å²) in [5.41, 5.74) is 4.65. The number of anilines is 2. The molecule has 0 amide bonds. The van der Waals surface area contributed by atoms with Gasteiger partial charge in [-0.25, -0.2) is 0 Å². The molecular weight excluding hydrogens is 326 g/mol. The van der Waals surface area contributed by atoms with Gasteiger partial charge in [-0.05, 0) is 61.4 Å². The molecule has 0 heterocycles. The first-order chi connectivity index (χ1) is 13.4. The highest BCUT2D eigenvalue weighted by molar-refractivity contribution is 5.65. The van der Waals surface area contributed by atoms with Gasteiger partial charge in [0.25, 0.3) is 0 Å². The van der Waals surface area contributed by atoms with E-state index in [1.165, 1.54) is 43.5 Å². The lowest BCUT2D eigenvalue weighted by molar-refractivity contribution is 0.436. The number of nitrogens with zero attached hydrogens (tertiary/aromatic N) is 1. The second-order valence-corrected chi connectivity index (χ2v) is 7.16. The maximum absolute atomic E-state index is 3.28. The SMILES string of the molecule is C(#Cc1ccc(N(c2ccccc2)C2CCCCC2)cc1)c1ccccc1. The third kappa shape index (κ3) is 4.41. The number of para-hydroxylation sites is 1. The van der Waals surface area contributed by atoms with Crippen molar-refractivity contribution in [1.29, 1.82) is 0 Å². The fraction of sp³-hybridized carbons (Fsp3) is 0.231. The summed E-state index contributed by atoms with van der Waals surface area (Å²) >= 11 is 0. The molecule has 3 aromatic rings. The van der Waals surface area contributed by atoms with Gasteiger partial charge in [0.1, 0.15) is 0 Å². The normalized spacial score (nSPS) is 14.2. The summed E-state index contributed by atoms with van der Waals surface area (Å²) < 4.78 is 0. The van der Waals surface area contributed by atoms with Crippen molar-refractivity contribution in [3.8, 4) is 11.8 Å². The Labute approximate surface area is 162 Å². The summed E-state index contributed by atoms with van der Waals surface area (Å²) in [5.74, 6) is 6.52. The maximum atomic E-state index is 3.28. The van der Waals surface area contributed by atoms with Crippen molar-refractivity contribution in [2.45, 2.75) is 38.1 Å². The van der Waals surface area contributed by atoms with Crippen LogP contribution in [-0.4, -0.2) is 6.04 Å². The molecule has 1 heteroatoms. The minimum absolute atomic E-state index is 0.586. The first-order valence-corrected chi connectivity index (χ1v) is 9.91. The molecule has 27 heavy (non-hydrogen) atoms. The third-order valence-corrected chi connectivity index (χ3v) is 5.24. The Bertz CT molecular complexity index is 895. The lowest BCUT2D eigenvalue weighted by atomic mass is 9.93. The minimum Gasteiger partial charge on any atom is -0.338 e. The minimum atomic E-state index is 0.586. The smallest absolute Gasteiger partial charge is 0.0414 e. The van der Waals surface area contributed by atoms with Crippen molar-refractivity contribution in [1.82, 2.24) is 0 Å². The van der Waals surface area contributed by atoms with E-state index in [1.54, 1.807) is 0 Å². The van der Waals surface area contributed by atoms with Crippen LogP contribution in [0.4, 0.5) is 11.4 Å². The second kappa shape index (κ2) is 8.60. The van der Waals surface area contributed by atoms with E-state index < -0.39 is 0 Å². The molecular formula is C26H25N. The third-order valence-electron chi connectivity index (χ3n) is 5.24. The fourth-order valence-corrected chi connectivity index (χ4v) is 3.87. The summed E-state index contributed by atoms with van der Waals surface area (Å²) in [4.78, 5) is 2.52. The van der Waals surface area contributed by atoms with Gasteiger partial charge in [-0.15, -0.1) is 0 Å². The molecule has 0 spiro atoms. The molecule has 0 bridgehead atoms. The van der Waals surface area contributed by atoms with Gasteiger partial charge in [0.15, 0.2) is 0 Å². The Morgan fingerprint density at radius 3 is 1.70 bits per heavy atom. The molecule has 0 aromatic heterocycles. The van der Waals surface area contributed by atoms with Gasteiger partial charge in [-0.1, -0.05) is 67.5 Å². The predicted octanol–water partition coefficient (Wildman–Crippen LogP) is 6.56. The standard InChI is InChI=1S/C26H25N/c1-4-10-22(11-5-1)16-17-23-18-20-26(21-19-23)27(24-12-6-2-7-13-24)25-14-8-3-9-15-25/h1-2,4-7,10-13,18-21,25H,3,8-9,14-15H2. The molecule has 1 nitrogen and oxygen atoms in total. The van der Waals surface area contributed by atoms with Crippen molar-refractivity contribution in [2.75, 3.05) is 4.90 Å². The average Bonchev–Trinajstić information content (AvgIpc) is 2.76. The van der Waals surface area contributed by atoms with Crippen molar-refractivity contribution in [2.24, 2.45) is 0 Å². The van der Waals surface area contributed by atoms with Crippen LogP contribution < -0.4 is 4.90 Å². The van der Waals surface area contributed by atoms with E-state index >= 15 is 0 Å².